The molecule has 2 atom stereocenters. The number of carboxylic acid groups (broad SMARTS) is 1. The first-order chi connectivity index (χ1) is 8.59. The molecule has 18 heavy (non-hydrogen) atoms. The minimum absolute atomic E-state index is 0.213. The van der Waals surface area contributed by atoms with Gasteiger partial charge in [0.25, 0.3) is 0 Å². The molecule has 1 aromatic rings. The van der Waals surface area contributed by atoms with E-state index in [4.69, 9.17) is 5.11 Å². The third-order valence-electron chi connectivity index (χ3n) is 3.97. The van der Waals surface area contributed by atoms with Crippen LogP contribution in [0.2, 0.25) is 0 Å². The lowest BCUT2D eigenvalue weighted by molar-refractivity contribution is -0.137. The number of nitrogens with zero attached hydrogens (tertiary/aromatic N) is 1. The number of carboxylic acids is 1. The summed E-state index contributed by atoms with van der Waals surface area (Å²) < 4.78 is 0. The zero-order valence-corrected chi connectivity index (χ0v) is 11.1. The molecule has 0 amide bonds. The topological polar surface area (TPSA) is 40.5 Å². The van der Waals surface area contributed by atoms with Gasteiger partial charge in [0.2, 0.25) is 0 Å². The molecule has 0 radical (unpaired) electrons. The first-order valence-corrected chi connectivity index (χ1v) is 6.60. The van der Waals surface area contributed by atoms with E-state index in [1.54, 1.807) is 0 Å². The molecule has 1 N–H and O–H groups in total. The smallest absolute Gasteiger partial charge is 0.304 e. The fourth-order valence-electron chi connectivity index (χ4n) is 2.87. The number of rotatable bonds is 4. The Kier molecular flexibility index (Phi) is 4.02. The average molecular weight is 247 g/mol. The normalized spacial score (nSPS) is 22.8. The van der Waals surface area contributed by atoms with E-state index in [1.807, 2.05) is 7.05 Å². The number of aliphatic carboxylic acids is 1. The van der Waals surface area contributed by atoms with Gasteiger partial charge in [-0.3, -0.25) is 9.69 Å². The van der Waals surface area contributed by atoms with Crippen molar-refractivity contribution < 1.29 is 9.90 Å². The van der Waals surface area contributed by atoms with Gasteiger partial charge < -0.3 is 5.11 Å². The van der Waals surface area contributed by atoms with E-state index in [1.165, 1.54) is 17.5 Å². The largest absolute Gasteiger partial charge is 0.481 e. The van der Waals surface area contributed by atoms with Crippen LogP contribution < -0.4 is 0 Å². The van der Waals surface area contributed by atoms with Crippen molar-refractivity contribution in [3.8, 4) is 0 Å². The van der Waals surface area contributed by atoms with Crippen LogP contribution in [0.15, 0.2) is 24.3 Å². The summed E-state index contributed by atoms with van der Waals surface area (Å²) in [6.07, 6.45) is 2.51. The third-order valence-corrected chi connectivity index (χ3v) is 3.97. The van der Waals surface area contributed by atoms with Gasteiger partial charge >= 0.3 is 5.97 Å². The van der Waals surface area contributed by atoms with Gasteiger partial charge in [0.05, 0.1) is 6.42 Å². The van der Waals surface area contributed by atoms with Gasteiger partial charge in [0, 0.05) is 12.6 Å². The highest BCUT2D eigenvalue weighted by molar-refractivity contribution is 5.66. The van der Waals surface area contributed by atoms with E-state index in [9.17, 15) is 4.79 Å². The Hall–Kier alpha value is -1.35. The summed E-state index contributed by atoms with van der Waals surface area (Å²) in [5.41, 5.74) is 2.81. The molecule has 1 aromatic carbocycles. The SMILES string of the molecule is CC1CCC(N(C)CCC(=O)O)c2ccccc21. The maximum atomic E-state index is 10.7. The van der Waals surface area contributed by atoms with Crippen molar-refractivity contribution in [2.75, 3.05) is 13.6 Å². The third kappa shape index (κ3) is 2.72. The second-order valence-electron chi connectivity index (χ2n) is 5.25. The first kappa shape index (κ1) is 13.1. The lowest BCUT2D eigenvalue weighted by Crippen LogP contribution is -2.30. The molecule has 3 nitrogen and oxygen atoms in total. The van der Waals surface area contributed by atoms with Gasteiger partial charge in [-0.1, -0.05) is 31.2 Å². The van der Waals surface area contributed by atoms with Crippen LogP contribution in [-0.4, -0.2) is 29.6 Å². The molecule has 98 valence electrons. The second kappa shape index (κ2) is 5.53. The van der Waals surface area contributed by atoms with Gasteiger partial charge in [-0.05, 0) is 36.9 Å². The molecule has 0 bridgehead atoms. The summed E-state index contributed by atoms with van der Waals surface area (Å²) >= 11 is 0. The Labute approximate surface area is 108 Å². The highest BCUT2D eigenvalue weighted by Gasteiger charge is 2.26. The summed E-state index contributed by atoms with van der Waals surface area (Å²) in [7, 11) is 2.03. The molecule has 2 rings (SSSR count). The zero-order valence-electron chi connectivity index (χ0n) is 11.1. The molecule has 1 aliphatic rings. The first-order valence-electron chi connectivity index (χ1n) is 6.60. The summed E-state index contributed by atoms with van der Waals surface area (Å²) in [6, 6.07) is 8.94. The Morgan fingerprint density at radius 2 is 2.00 bits per heavy atom. The minimum Gasteiger partial charge on any atom is -0.481 e. The molecule has 0 spiro atoms. The number of benzene rings is 1. The van der Waals surface area contributed by atoms with Crippen LogP contribution in [0.1, 0.15) is 49.3 Å². The van der Waals surface area contributed by atoms with Crippen molar-refractivity contribution in [2.24, 2.45) is 0 Å². The minimum atomic E-state index is -0.723. The maximum Gasteiger partial charge on any atom is 0.304 e. The molecule has 0 fully saturated rings. The monoisotopic (exact) mass is 247 g/mol. The number of carbonyl (C=O) groups is 1. The van der Waals surface area contributed by atoms with E-state index in [-0.39, 0.29) is 6.42 Å². The molecular weight excluding hydrogens is 226 g/mol. The Morgan fingerprint density at radius 1 is 1.33 bits per heavy atom. The van der Waals surface area contributed by atoms with E-state index in [0.29, 0.717) is 18.5 Å². The summed E-state index contributed by atoms with van der Waals surface area (Å²) in [4.78, 5) is 12.8. The quantitative estimate of drug-likeness (QED) is 0.889. The number of hydrogen-bond acceptors (Lipinski definition) is 2. The van der Waals surface area contributed by atoms with E-state index < -0.39 is 5.97 Å². The van der Waals surface area contributed by atoms with Crippen LogP contribution in [0.3, 0.4) is 0 Å². The highest BCUT2D eigenvalue weighted by atomic mass is 16.4. The van der Waals surface area contributed by atoms with Crippen molar-refractivity contribution in [2.45, 2.75) is 38.1 Å². The van der Waals surface area contributed by atoms with Crippen LogP contribution in [-0.2, 0) is 4.79 Å². The summed E-state index contributed by atoms with van der Waals surface area (Å²) in [6.45, 7) is 2.88. The van der Waals surface area contributed by atoms with Crippen molar-refractivity contribution in [3.63, 3.8) is 0 Å². The van der Waals surface area contributed by atoms with Crippen LogP contribution in [0, 0.1) is 0 Å². The van der Waals surface area contributed by atoms with Gasteiger partial charge in [0.15, 0.2) is 0 Å². The highest BCUT2D eigenvalue weighted by Crippen LogP contribution is 2.39. The molecule has 0 saturated heterocycles. The van der Waals surface area contributed by atoms with Gasteiger partial charge in [-0.25, -0.2) is 0 Å². The number of hydrogen-bond donors (Lipinski definition) is 1. The summed E-state index contributed by atoms with van der Waals surface area (Å²) in [5.74, 6) is -0.107. The van der Waals surface area contributed by atoms with E-state index in [2.05, 4.69) is 36.1 Å². The van der Waals surface area contributed by atoms with Crippen LogP contribution in [0.4, 0.5) is 0 Å². The number of fused-ring (bicyclic) bond motifs is 1. The van der Waals surface area contributed by atoms with Gasteiger partial charge in [-0.2, -0.15) is 0 Å². The van der Waals surface area contributed by atoms with Crippen LogP contribution in [0.5, 0.6) is 0 Å². The fourth-order valence-corrected chi connectivity index (χ4v) is 2.87. The Bertz CT molecular complexity index is 430. The molecule has 0 saturated carbocycles. The van der Waals surface area contributed by atoms with Crippen molar-refractivity contribution >= 4 is 5.97 Å². The van der Waals surface area contributed by atoms with Crippen molar-refractivity contribution in [1.29, 1.82) is 0 Å². The Balaban J connectivity index is 2.15. The summed E-state index contributed by atoms with van der Waals surface area (Å²) in [5, 5.41) is 8.77. The second-order valence-corrected chi connectivity index (χ2v) is 5.25. The van der Waals surface area contributed by atoms with Crippen LogP contribution >= 0.6 is 0 Å². The average Bonchev–Trinajstić information content (AvgIpc) is 2.37. The lowest BCUT2D eigenvalue weighted by atomic mass is 9.80. The molecule has 0 aliphatic heterocycles. The van der Waals surface area contributed by atoms with Crippen molar-refractivity contribution in [1.82, 2.24) is 4.90 Å². The van der Waals surface area contributed by atoms with E-state index >= 15 is 0 Å². The predicted octanol–water partition coefficient (Wildman–Crippen LogP) is 3.03. The van der Waals surface area contributed by atoms with Crippen LogP contribution in [0.25, 0.3) is 0 Å². The standard InChI is InChI=1S/C15H21NO2/c1-11-7-8-14(16(2)10-9-15(17)18)13-6-4-3-5-12(11)13/h3-6,11,14H,7-10H2,1-2H3,(H,17,18). The van der Waals surface area contributed by atoms with Gasteiger partial charge in [-0.15, -0.1) is 0 Å². The molecule has 0 heterocycles. The zero-order chi connectivity index (χ0) is 13.1. The fraction of sp³-hybridized carbons (Fsp3) is 0.533. The maximum absolute atomic E-state index is 10.7. The molecule has 0 aromatic heterocycles. The Morgan fingerprint density at radius 3 is 2.67 bits per heavy atom. The molecule has 1 aliphatic carbocycles. The molecular formula is C15H21NO2. The lowest BCUT2D eigenvalue weighted by Gasteiger charge is -2.35. The van der Waals surface area contributed by atoms with E-state index in [0.717, 1.165) is 6.42 Å². The molecule has 2 unspecified atom stereocenters. The van der Waals surface area contributed by atoms with Crippen molar-refractivity contribution in [3.05, 3.63) is 35.4 Å². The molecule has 3 heteroatoms. The predicted molar refractivity (Wildman–Crippen MR) is 71.7 cm³/mol. The van der Waals surface area contributed by atoms with Gasteiger partial charge in [0.1, 0.15) is 0 Å².